The third-order valence-electron chi connectivity index (χ3n) is 3.77. The SMILES string of the molecule is Cc1cc(C[C@H]2COCCN(C(=O)c3cccnn3)C2)ncn1. The van der Waals surface area contributed by atoms with Crippen molar-refractivity contribution in [1.82, 2.24) is 25.1 Å². The second-order valence-electron chi connectivity index (χ2n) is 5.66. The molecule has 0 unspecified atom stereocenters. The van der Waals surface area contributed by atoms with Crippen LogP contribution in [0.3, 0.4) is 0 Å². The lowest BCUT2D eigenvalue weighted by atomic mass is 10.0. The van der Waals surface area contributed by atoms with E-state index in [4.69, 9.17) is 4.74 Å². The summed E-state index contributed by atoms with van der Waals surface area (Å²) in [5, 5.41) is 7.68. The zero-order valence-electron chi connectivity index (χ0n) is 13.1. The van der Waals surface area contributed by atoms with Crippen molar-refractivity contribution in [2.45, 2.75) is 13.3 Å². The molecule has 1 fully saturated rings. The quantitative estimate of drug-likeness (QED) is 0.837. The fourth-order valence-electron chi connectivity index (χ4n) is 2.68. The second kappa shape index (κ2) is 7.23. The van der Waals surface area contributed by atoms with E-state index >= 15 is 0 Å². The minimum atomic E-state index is -0.104. The van der Waals surface area contributed by atoms with Crippen LogP contribution in [0.1, 0.15) is 21.9 Å². The first-order chi connectivity index (χ1) is 11.2. The Bertz CT molecular complexity index is 665. The highest BCUT2D eigenvalue weighted by molar-refractivity contribution is 5.92. The maximum Gasteiger partial charge on any atom is 0.274 e. The summed E-state index contributed by atoms with van der Waals surface area (Å²) < 4.78 is 5.65. The first-order valence-corrected chi connectivity index (χ1v) is 7.64. The minimum Gasteiger partial charge on any atom is -0.379 e. The maximum absolute atomic E-state index is 12.5. The number of ether oxygens (including phenoxy) is 1. The van der Waals surface area contributed by atoms with Gasteiger partial charge >= 0.3 is 0 Å². The van der Waals surface area contributed by atoms with E-state index in [1.165, 1.54) is 0 Å². The first-order valence-electron chi connectivity index (χ1n) is 7.64. The van der Waals surface area contributed by atoms with Crippen molar-refractivity contribution in [3.63, 3.8) is 0 Å². The van der Waals surface area contributed by atoms with Gasteiger partial charge in [0.25, 0.3) is 5.91 Å². The number of rotatable bonds is 3. The maximum atomic E-state index is 12.5. The van der Waals surface area contributed by atoms with Crippen molar-refractivity contribution in [2.75, 3.05) is 26.3 Å². The van der Waals surface area contributed by atoms with Crippen molar-refractivity contribution >= 4 is 5.91 Å². The topological polar surface area (TPSA) is 81.1 Å². The summed E-state index contributed by atoms with van der Waals surface area (Å²) >= 11 is 0. The Morgan fingerprint density at radius 1 is 1.43 bits per heavy atom. The summed E-state index contributed by atoms with van der Waals surface area (Å²) in [5.41, 5.74) is 2.28. The monoisotopic (exact) mass is 313 g/mol. The van der Waals surface area contributed by atoms with Gasteiger partial charge in [0, 0.05) is 36.6 Å². The number of aryl methyl sites for hydroxylation is 1. The van der Waals surface area contributed by atoms with E-state index in [1.54, 1.807) is 29.6 Å². The standard InChI is InChI=1S/C16H19N5O2/c1-12-7-14(18-11-17-12)8-13-9-21(5-6-23-10-13)16(22)15-3-2-4-19-20-15/h2-4,7,11,13H,5-6,8-10H2,1H3/t13-/m1/s1. The number of carbonyl (C=O) groups is 1. The molecule has 120 valence electrons. The molecule has 1 atom stereocenters. The normalized spacial score (nSPS) is 18.5. The third-order valence-corrected chi connectivity index (χ3v) is 3.77. The fraction of sp³-hybridized carbons (Fsp3) is 0.438. The molecule has 0 bridgehead atoms. The van der Waals surface area contributed by atoms with Crippen LogP contribution in [0.4, 0.5) is 0 Å². The number of amides is 1. The minimum absolute atomic E-state index is 0.104. The predicted molar refractivity (Wildman–Crippen MR) is 82.7 cm³/mol. The highest BCUT2D eigenvalue weighted by Gasteiger charge is 2.24. The summed E-state index contributed by atoms with van der Waals surface area (Å²) in [6.45, 7) is 4.28. The molecule has 1 aliphatic heterocycles. The van der Waals surface area contributed by atoms with Crippen LogP contribution in [-0.2, 0) is 11.2 Å². The van der Waals surface area contributed by atoms with Crippen LogP contribution in [0.5, 0.6) is 0 Å². The van der Waals surface area contributed by atoms with Crippen molar-refractivity contribution in [1.29, 1.82) is 0 Å². The molecule has 2 aromatic heterocycles. The van der Waals surface area contributed by atoms with E-state index < -0.39 is 0 Å². The largest absolute Gasteiger partial charge is 0.379 e. The molecule has 3 rings (SSSR count). The van der Waals surface area contributed by atoms with Crippen molar-refractivity contribution < 1.29 is 9.53 Å². The molecule has 7 nitrogen and oxygen atoms in total. The number of hydrogen-bond donors (Lipinski definition) is 0. The average Bonchev–Trinajstić information content (AvgIpc) is 2.80. The van der Waals surface area contributed by atoms with E-state index in [2.05, 4.69) is 20.2 Å². The Balaban J connectivity index is 1.70. The molecule has 1 amide bonds. The summed E-state index contributed by atoms with van der Waals surface area (Å²) in [5.74, 6) is 0.0971. The van der Waals surface area contributed by atoms with Crippen LogP contribution in [0, 0.1) is 12.8 Å². The summed E-state index contributed by atoms with van der Waals surface area (Å²) in [6.07, 6.45) is 3.89. The van der Waals surface area contributed by atoms with Gasteiger partial charge in [-0.1, -0.05) is 0 Å². The second-order valence-corrected chi connectivity index (χ2v) is 5.66. The Morgan fingerprint density at radius 2 is 2.35 bits per heavy atom. The number of carbonyl (C=O) groups excluding carboxylic acids is 1. The molecule has 0 N–H and O–H groups in total. The van der Waals surface area contributed by atoms with Crippen LogP contribution >= 0.6 is 0 Å². The molecule has 0 spiro atoms. The van der Waals surface area contributed by atoms with Crippen LogP contribution in [0.2, 0.25) is 0 Å². The van der Waals surface area contributed by atoms with E-state index in [1.807, 2.05) is 13.0 Å². The van der Waals surface area contributed by atoms with Gasteiger partial charge in [-0.3, -0.25) is 4.79 Å². The molecule has 0 aliphatic carbocycles. The zero-order chi connectivity index (χ0) is 16.1. The van der Waals surface area contributed by atoms with Gasteiger partial charge < -0.3 is 9.64 Å². The molecule has 1 aliphatic rings. The molecule has 2 aromatic rings. The highest BCUT2D eigenvalue weighted by Crippen LogP contribution is 2.14. The van der Waals surface area contributed by atoms with Crippen molar-refractivity contribution in [2.24, 2.45) is 5.92 Å². The summed E-state index contributed by atoms with van der Waals surface area (Å²) in [4.78, 5) is 22.7. The van der Waals surface area contributed by atoms with Crippen LogP contribution in [0.25, 0.3) is 0 Å². The van der Waals surface area contributed by atoms with Crippen molar-refractivity contribution in [3.05, 3.63) is 47.8 Å². The number of aromatic nitrogens is 4. The smallest absolute Gasteiger partial charge is 0.274 e. The van der Waals surface area contributed by atoms with Gasteiger partial charge in [0.15, 0.2) is 5.69 Å². The molecular formula is C16H19N5O2. The van der Waals surface area contributed by atoms with E-state index in [-0.39, 0.29) is 11.8 Å². The molecule has 23 heavy (non-hydrogen) atoms. The third kappa shape index (κ3) is 4.07. The van der Waals surface area contributed by atoms with Crippen LogP contribution in [-0.4, -0.2) is 57.3 Å². The summed E-state index contributed by atoms with van der Waals surface area (Å²) in [6, 6.07) is 5.37. The van der Waals surface area contributed by atoms with Gasteiger partial charge in [-0.2, -0.15) is 5.10 Å². The predicted octanol–water partition coefficient (Wildman–Crippen LogP) is 0.906. The van der Waals surface area contributed by atoms with Crippen molar-refractivity contribution in [3.8, 4) is 0 Å². The van der Waals surface area contributed by atoms with Gasteiger partial charge in [-0.15, -0.1) is 5.10 Å². The molecule has 7 heteroatoms. The van der Waals surface area contributed by atoms with Crippen LogP contribution < -0.4 is 0 Å². The van der Waals surface area contributed by atoms with Gasteiger partial charge in [-0.05, 0) is 31.5 Å². The van der Waals surface area contributed by atoms with E-state index in [0.717, 1.165) is 17.8 Å². The molecule has 0 saturated carbocycles. The Hall–Kier alpha value is -2.41. The van der Waals surface area contributed by atoms with Gasteiger partial charge in [0.2, 0.25) is 0 Å². The average molecular weight is 313 g/mol. The lowest BCUT2D eigenvalue weighted by Gasteiger charge is -2.23. The fourth-order valence-corrected chi connectivity index (χ4v) is 2.68. The van der Waals surface area contributed by atoms with E-state index in [0.29, 0.717) is 32.0 Å². The Kier molecular flexibility index (Phi) is 4.87. The zero-order valence-corrected chi connectivity index (χ0v) is 13.1. The molecule has 0 aromatic carbocycles. The molecule has 3 heterocycles. The van der Waals surface area contributed by atoms with Crippen LogP contribution in [0.15, 0.2) is 30.7 Å². The number of nitrogens with zero attached hydrogens (tertiary/aromatic N) is 5. The summed E-state index contributed by atoms with van der Waals surface area (Å²) in [7, 11) is 0. The Labute approximate surface area is 134 Å². The molecule has 1 saturated heterocycles. The molecular weight excluding hydrogens is 294 g/mol. The van der Waals surface area contributed by atoms with Gasteiger partial charge in [0.1, 0.15) is 6.33 Å². The van der Waals surface area contributed by atoms with E-state index in [9.17, 15) is 4.79 Å². The number of hydrogen-bond acceptors (Lipinski definition) is 6. The first kappa shape index (κ1) is 15.5. The van der Waals surface area contributed by atoms with Gasteiger partial charge in [0.05, 0.1) is 13.2 Å². The Morgan fingerprint density at radius 3 is 3.13 bits per heavy atom. The highest BCUT2D eigenvalue weighted by atomic mass is 16.5. The van der Waals surface area contributed by atoms with Gasteiger partial charge in [-0.25, -0.2) is 9.97 Å². The lowest BCUT2D eigenvalue weighted by Crippen LogP contribution is -2.37. The lowest BCUT2D eigenvalue weighted by molar-refractivity contribution is 0.0730. The molecule has 0 radical (unpaired) electrons.